The van der Waals surface area contributed by atoms with Crippen LogP contribution in [0.4, 0.5) is 0 Å². The Bertz CT molecular complexity index is 1090. The van der Waals surface area contributed by atoms with Gasteiger partial charge < -0.3 is 9.15 Å². The Labute approximate surface area is 168 Å². The number of carbonyl (C=O) groups excluding carboxylic acids is 1. The predicted octanol–water partition coefficient (Wildman–Crippen LogP) is 4.72. The molecule has 1 amide bonds. The molecule has 0 aliphatic rings. The molecule has 0 atom stereocenters. The molecule has 0 aliphatic carbocycles. The maximum Gasteiger partial charge on any atom is 0.270 e. The first-order chi connectivity index (χ1) is 14.1. The molecule has 1 N–H and O–H groups in total. The largest absolute Gasteiger partial charge is 0.484 e. The number of nitrogens with one attached hydrogen (secondary N) is 1. The number of nitrogens with zero attached hydrogens (tertiary/aromatic N) is 2. The van der Waals surface area contributed by atoms with Crippen LogP contribution in [0.5, 0.6) is 5.75 Å². The van der Waals surface area contributed by atoms with Crippen LogP contribution in [0.1, 0.15) is 27.6 Å². The number of aromatic nitrogens is 2. The van der Waals surface area contributed by atoms with Crippen molar-refractivity contribution in [3.63, 3.8) is 0 Å². The summed E-state index contributed by atoms with van der Waals surface area (Å²) in [4.78, 5) is 16.7. The second-order valence-corrected chi connectivity index (χ2v) is 6.69. The zero-order valence-corrected chi connectivity index (χ0v) is 16.3. The number of carbonyl (C=O) groups is 1. The van der Waals surface area contributed by atoms with Gasteiger partial charge in [-0.2, -0.15) is 0 Å². The topological polar surface area (TPSA) is 69.3 Å². The van der Waals surface area contributed by atoms with Gasteiger partial charge in [-0.25, -0.2) is 4.98 Å². The molecular weight excluding hydrogens is 366 g/mol. The van der Waals surface area contributed by atoms with Crippen molar-refractivity contribution < 1.29 is 13.9 Å². The zero-order chi connectivity index (χ0) is 20.2. The molecule has 0 bridgehead atoms. The molecule has 29 heavy (non-hydrogen) atoms. The van der Waals surface area contributed by atoms with E-state index < -0.39 is 0 Å². The van der Waals surface area contributed by atoms with Gasteiger partial charge in [0.05, 0.1) is 6.20 Å². The number of benzene rings is 2. The smallest absolute Gasteiger partial charge is 0.270 e. The molecule has 2 aromatic carbocycles. The molecule has 0 aliphatic heterocycles. The Morgan fingerprint density at radius 2 is 1.69 bits per heavy atom. The lowest BCUT2D eigenvalue weighted by Gasteiger charge is -2.11. The second-order valence-electron chi connectivity index (χ2n) is 6.69. The monoisotopic (exact) mass is 387 g/mol. The Morgan fingerprint density at radius 3 is 2.38 bits per heavy atom. The van der Waals surface area contributed by atoms with Crippen LogP contribution in [0.15, 0.2) is 77.3 Å². The molecule has 0 saturated heterocycles. The first kappa shape index (κ1) is 18.6. The molecule has 4 rings (SSSR count). The van der Waals surface area contributed by atoms with Crippen molar-refractivity contribution in [1.82, 2.24) is 9.66 Å². The minimum atomic E-state index is -0.181. The van der Waals surface area contributed by atoms with Gasteiger partial charge in [0.1, 0.15) is 5.75 Å². The molecule has 6 nitrogen and oxygen atoms in total. The average molecular weight is 387 g/mol. The molecule has 2 aromatic heterocycles. The van der Waals surface area contributed by atoms with Crippen molar-refractivity contribution in [3.8, 4) is 17.1 Å². The number of hydrogen-bond donors (Lipinski definition) is 1. The molecule has 4 aromatic rings. The lowest BCUT2D eigenvalue weighted by Crippen LogP contribution is -2.24. The van der Waals surface area contributed by atoms with Crippen LogP contribution < -0.4 is 10.2 Å². The average Bonchev–Trinajstić information content (AvgIpc) is 3.35. The number of amides is 1. The van der Waals surface area contributed by atoms with E-state index in [9.17, 15) is 4.79 Å². The third-order valence-electron chi connectivity index (χ3n) is 4.58. The van der Waals surface area contributed by atoms with Crippen LogP contribution in [-0.2, 0) is 6.61 Å². The van der Waals surface area contributed by atoms with E-state index in [1.165, 1.54) is 0 Å². The summed E-state index contributed by atoms with van der Waals surface area (Å²) < 4.78 is 13.2. The zero-order valence-electron chi connectivity index (χ0n) is 16.3. The summed E-state index contributed by atoms with van der Waals surface area (Å²) in [6.07, 6.45) is 1.69. The van der Waals surface area contributed by atoms with Crippen LogP contribution in [-0.4, -0.2) is 15.6 Å². The van der Waals surface area contributed by atoms with Crippen LogP contribution >= 0.6 is 0 Å². The van der Waals surface area contributed by atoms with Gasteiger partial charge >= 0.3 is 0 Å². The fourth-order valence-corrected chi connectivity index (χ4v) is 2.97. The third kappa shape index (κ3) is 4.21. The number of ether oxygens (including phenoxy) is 1. The Kier molecular flexibility index (Phi) is 5.16. The fourth-order valence-electron chi connectivity index (χ4n) is 2.97. The quantitative estimate of drug-likeness (QED) is 0.520. The van der Waals surface area contributed by atoms with Gasteiger partial charge in [-0.1, -0.05) is 30.3 Å². The molecule has 0 spiro atoms. The van der Waals surface area contributed by atoms with Crippen LogP contribution in [0, 0.1) is 13.8 Å². The van der Waals surface area contributed by atoms with E-state index in [4.69, 9.17) is 9.15 Å². The number of aryl methyl sites for hydroxylation is 2. The van der Waals surface area contributed by atoms with Crippen molar-refractivity contribution in [2.45, 2.75) is 20.5 Å². The van der Waals surface area contributed by atoms with Gasteiger partial charge in [-0.15, -0.1) is 0 Å². The minimum absolute atomic E-state index is 0.181. The SMILES string of the molecule is Cc1ccc(C)n1NC(=O)c1ccc(OCc2ncc(-c3ccccc3)o2)cc1. The van der Waals surface area contributed by atoms with Gasteiger partial charge in [0.2, 0.25) is 5.89 Å². The van der Waals surface area contributed by atoms with E-state index in [1.807, 2.05) is 56.3 Å². The van der Waals surface area contributed by atoms with E-state index in [2.05, 4.69) is 10.4 Å². The Hall–Kier alpha value is -3.80. The highest BCUT2D eigenvalue weighted by Gasteiger charge is 2.10. The summed E-state index contributed by atoms with van der Waals surface area (Å²) in [7, 11) is 0. The Morgan fingerprint density at radius 1 is 1.00 bits per heavy atom. The fraction of sp³-hybridized carbons (Fsp3) is 0.130. The maximum absolute atomic E-state index is 12.4. The highest BCUT2D eigenvalue weighted by Crippen LogP contribution is 2.21. The first-order valence-electron chi connectivity index (χ1n) is 9.29. The third-order valence-corrected chi connectivity index (χ3v) is 4.58. The van der Waals surface area contributed by atoms with E-state index in [-0.39, 0.29) is 12.5 Å². The van der Waals surface area contributed by atoms with E-state index in [0.717, 1.165) is 17.0 Å². The highest BCUT2D eigenvalue weighted by molar-refractivity contribution is 6.00. The van der Waals surface area contributed by atoms with E-state index in [0.29, 0.717) is 23.0 Å². The van der Waals surface area contributed by atoms with E-state index in [1.54, 1.807) is 35.1 Å². The lowest BCUT2D eigenvalue weighted by atomic mass is 10.2. The first-order valence-corrected chi connectivity index (χ1v) is 9.29. The summed E-state index contributed by atoms with van der Waals surface area (Å²) in [6.45, 7) is 4.09. The van der Waals surface area contributed by atoms with Gasteiger partial charge in [0.25, 0.3) is 5.91 Å². The van der Waals surface area contributed by atoms with E-state index >= 15 is 0 Å². The number of oxazole rings is 1. The van der Waals surface area contributed by atoms with Gasteiger partial charge in [0, 0.05) is 22.5 Å². The molecule has 6 heteroatoms. The summed E-state index contributed by atoms with van der Waals surface area (Å²) in [5.74, 6) is 1.64. The summed E-state index contributed by atoms with van der Waals surface area (Å²) in [6, 6.07) is 20.7. The van der Waals surface area contributed by atoms with Crippen molar-refractivity contribution in [2.75, 3.05) is 5.43 Å². The summed E-state index contributed by atoms with van der Waals surface area (Å²) >= 11 is 0. The van der Waals surface area contributed by atoms with Crippen molar-refractivity contribution >= 4 is 5.91 Å². The molecule has 2 heterocycles. The molecule has 0 radical (unpaired) electrons. The maximum atomic E-state index is 12.4. The van der Waals surface area contributed by atoms with Gasteiger partial charge in [-0.05, 0) is 50.2 Å². The Balaban J connectivity index is 1.36. The lowest BCUT2D eigenvalue weighted by molar-refractivity contribution is 0.101. The van der Waals surface area contributed by atoms with Crippen LogP contribution in [0.3, 0.4) is 0 Å². The normalized spacial score (nSPS) is 10.7. The molecule has 146 valence electrons. The second kappa shape index (κ2) is 8.06. The standard InChI is InChI=1S/C23H21N3O3/c1-16-8-9-17(2)26(16)25-23(27)19-10-12-20(13-11-19)28-15-22-24-14-21(29-22)18-6-4-3-5-7-18/h3-14H,15H2,1-2H3,(H,25,27). The molecule has 0 fully saturated rings. The van der Waals surface area contributed by atoms with Crippen molar-refractivity contribution in [3.05, 3.63) is 95.8 Å². The number of rotatable bonds is 6. The van der Waals surface area contributed by atoms with Crippen molar-refractivity contribution in [2.24, 2.45) is 0 Å². The number of hydrogen-bond acceptors (Lipinski definition) is 4. The minimum Gasteiger partial charge on any atom is -0.484 e. The molecule has 0 unspecified atom stereocenters. The van der Waals surface area contributed by atoms with Crippen molar-refractivity contribution in [1.29, 1.82) is 0 Å². The summed E-state index contributed by atoms with van der Waals surface area (Å²) in [5.41, 5.74) is 6.34. The van der Waals surface area contributed by atoms with Gasteiger partial charge in [-0.3, -0.25) is 14.9 Å². The molecular formula is C23H21N3O3. The van der Waals surface area contributed by atoms with Crippen LogP contribution in [0.2, 0.25) is 0 Å². The van der Waals surface area contributed by atoms with Gasteiger partial charge in [0.15, 0.2) is 12.4 Å². The van der Waals surface area contributed by atoms with Crippen LogP contribution in [0.25, 0.3) is 11.3 Å². The highest BCUT2D eigenvalue weighted by atomic mass is 16.5. The summed E-state index contributed by atoms with van der Waals surface area (Å²) in [5, 5.41) is 0. The predicted molar refractivity (Wildman–Crippen MR) is 110 cm³/mol. The molecule has 0 saturated carbocycles.